The third kappa shape index (κ3) is 5.34. The number of aliphatic carboxylic acids is 1. The third-order valence-corrected chi connectivity index (χ3v) is 5.69. The standard InChI is InChI=1S/C23H25FN6O5/c1-12(31)19(25)23(2)10-34-21(35-11-23)20-29-17(13-3-5-14(24)6-4-13)18(30-20)15-7-8-26-22(28-15)27-9-16(32)33/h3-8,19,21H,9-11,25H2,1-2H3,(H,29,30)(H,32,33)(H,26,27,28). The lowest BCUT2D eigenvalue weighted by atomic mass is 9.82. The molecule has 1 unspecified atom stereocenters. The number of anilines is 1. The fourth-order valence-corrected chi connectivity index (χ4v) is 3.69. The maximum atomic E-state index is 13.5. The summed E-state index contributed by atoms with van der Waals surface area (Å²) in [6, 6.07) is 6.68. The van der Waals surface area contributed by atoms with Crippen LogP contribution in [0.3, 0.4) is 0 Å². The monoisotopic (exact) mass is 484 g/mol. The van der Waals surface area contributed by atoms with E-state index in [1.807, 2.05) is 6.92 Å². The van der Waals surface area contributed by atoms with Crippen LogP contribution in [0.15, 0.2) is 36.5 Å². The van der Waals surface area contributed by atoms with Crippen molar-refractivity contribution in [1.29, 1.82) is 0 Å². The zero-order valence-electron chi connectivity index (χ0n) is 19.1. The first kappa shape index (κ1) is 24.4. The highest BCUT2D eigenvalue weighted by Gasteiger charge is 2.41. The van der Waals surface area contributed by atoms with Gasteiger partial charge in [0.2, 0.25) is 12.2 Å². The molecule has 1 fully saturated rings. The summed E-state index contributed by atoms with van der Waals surface area (Å²) in [6.07, 6.45) is 0.616. The SMILES string of the molecule is CC(=O)C(N)C1(C)COC(c2nc(-c3ccc(F)cc3)c(-c3ccnc(NCC(=O)O)n3)[nH]2)OC1. The molecule has 0 amide bonds. The summed E-state index contributed by atoms with van der Waals surface area (Å²) in [5, 5.41) is 11.5. The third-order valence-electron chi connectivity index (χ3n) is 5.69. The Labute approximate surface area is 199 Å². The van der Waals surface area contributed by atoms with Gasteiger partial charge in [-0.1, -0.05) is 6.92 Å². The molecule has 1 aliphatic rings. The minimum absolute atomic E-state index is 0.116. The van der Waals surface area contributed by atoms with E-state index in [1.54, 1.807) is 18.2 Å². The lowest BCUT2D eigenvalue weighted by molar-refractivity contribution is -0.236. The number of ketones is 1. The van der Waals surface area contributed by atoms with Gasteiger partial charge in [-0.2, -0.15) is 0 Å². The van der Waals surface area contributed by atoms with E-state index in [2.05, 4.69) is 25.3 Å². The van der Waals surface area contributed by atoms with E-state index in [9.17, 15) is 14.0 Å². The molecule has 0 bridgehead atoms. The summed E-state index contributed by atoms with van der Waals surface area (Å²) in [7, 11) is 0. The number of carboxylic acids is 1. The smallest absolute Gasteiger partial charge is 0.322 e. The summed E-state index contributed by atoms with van der Waals surface area (Å²) in [6.45, 7) is 3.25. The van der Waals surface area contributed by atoms with E-state index in [4.69, 9.17) is 20.3 Å². The molecule has 1 saturated heterocycles. The number of benzene rings is 1. The second-order valence-corrected chi connectivity index (χ2v) is 8.56. The van der Waals surface area contributed by atoms with E-state index >= 15 is 0 Å². The van der Waals surface area contributed by atoms with Gasteiger partial charge in [0.05, 0.1) is 36.3 Å². The molecular formula is C23H25FN6O5. The molecule has 1 atom stereocenters. The number of carboxylic acid groups (broad SMARTS) is 1. The van der Waals surface area contributed by atoms with Crippen molar-refractivity contribution in [1.82, 2.24) is 19.9 Å². The number of aromatic amines is 1. The Hall–Kier alpha value is -3.74. The van der Waals surface area contributed by atoms with Crippen molar-refractivity contribution in [3.63, 3.8) is 0 Å². The Balaban J connectivity index is 1.67. The number of nitrogens with one attached hydrogen (secondary N) is 2. The fourth-order valence-electron chi connectivity index (χ4n) is 3.69. The van der Waals surface area contributed by atoms with Gasteiger partial charge < -0.3 is 30.6 Å². The van der Waals surface area contributed by atoms with E-state index in [-0.39, 0.29) is 31.5 Å². The number of H-pyrrole nitrogens is 1. The molecule has 5 N–H and O–H groups in total. The second kappa shape index (κ2) is 9.86. The molecular weight excluding hydrogens is 459 g/mol. The Morgan fingerprint density at radius 2 is 1.94 bits per heavy atom. The van der Waals surface area contributed by atoms with Crippen LogP contribution in [0.1, 0.15) is 26.0 Å². The highest BCUT2D eigenvalue weighted by atomic mass is 19.1. The number of halogens is 1. The quantitative estimate of drug-likeness (QED) is 0.372. The van der Waals surface area contributed by atoms with Gasteiger partial charge in [-0.05, 0) is 37.3 Å². The normalized spacial score (nSPS) is 20.9. The molecule has 184 valence electrons. The summed E-state index contributed by atoms with van der Waals surface area (Å²) < 4.78 is 25.3. The maximum Gasteiger partial charge on any atom is 0.322 e. The average Bonchev–Trinajstić information content (AvgIpc) is 3.29. The minimum atomic E-state index is -1.06. The number of carbonyl (C=O) groups excluding carboxylic acids is 1. The van der Waals surface area contributed by atoms with Gasteiger partial charge in [-0.15, -0.1) is 0 Å². The average molecular weight is 484 g/mol. The van der Waals surface area contributed by atoms with Crippen molar-refractivity contribution in [2.75, 3.05) is 25.1 Å². The van der Waals surface area contributed by atoms with Gasteiger partial charge >= 0.3 is 5.97 Å². The molecule has 11 nitrogen and oxygen atoms in total. The first-order chi connectivity index (χ1) is 16.7. The highest BCUT2D eigenvalue weighted by Crippen LogP contribution is 2.36. The van der Waals surface area contributed by atoms with Crippen molar-refractivity contribution < 1.29 is 28.6 Å². The molecule has 0 aliphatic carbocycles. The van der Waals surface area contributed by atoms with Crippen LogP contribution in [0.25, 0.3) is 22.6 Å². The van der Waals surface area contributed by atoms with Crippen molar-refractivity contribution in [2.45, 2.75) is 26.2 Å². The van der Waals surface area contributed by atoms with Crippen LogP contribution in [0, 0.1) is 11.2 Å². The van der Waals surface area contributed by atoms with E-state index < -0.39 is 29.5 Å². The summed E-state index contributed by atoms with van der Waals surface area (Å²) >= 11 is 0. The molecule has 2 aromatic heterocycles. The first-order valence-electron chi connectivity index (χ1n) is 10.8. The molecule has 3 aromatic rings. The number of Topliss-reactive ketones (excluding diaryl/α,β-unsaturated/α-hetero) is 1. The largest absolute Gasteiger partial charge is 0.480 e. The van der Waals surface area contributed by atoms with Crippen LogP contribution < -0.4 is 11.1 Å². The van der Waals surface area contributed by atoms with Gasteiger partial charge in [0, 0.05) is 17.2 Å². The minimum Gasteiger partial charge on any atom is -0.480 e. The van der Waals surface area contributed by atoms with Gasteiger partial charge in [0.1, 0.15) is 18.1 Å². The van der Waals surface area contributed by atoms with E-state index in [0.29, 0.717) is 28.5 Å². The van der Waals surface area contributed by atoms with Crippen molar-refractivity contribution >= 4 is 17.7 Å². The Kier molecular flexibility index (Phi) is 6.87. The van der Waals surface area contributed by atoms with Gasteiger partial charge in [0.25, 0.3) is 0 Å². The molecule has 0 saturated carbocycles. The number of imidazole rings is 1. The van der Waals surface area contributed by atoms with Gasteiger partial charge in [-0.3, -0.25) is 9.59 Å². The predicted octanol–water partition coefficient (Wildman–Crippen LogP) is 2.14. The molecule has 0 spiro atoms. The Bertz CT molecular complexity index is 1220. The number of hydrogen-bond donors (Lipinski definition) is 4. The van der Waals surface area contributed by atoms with Crippen molar-refractivity contribution in [2.24, 2.45) is 11.1 Å². The Morgan fingerprint density at radius 1 is 1.26 bits per heavy atom. The van der Waals surface area contributed by atoms with Crippen molar-refractivity contribution in [3.05, 3.63) is 48.2 Å². The maximum absolute atomic E-state index is 13.5. The van der Waals surface area contributed by atoms with Crippen LogP contribution in [-0.2, 0) is 19.1 Å². The van der Waals surface area contributed by atoms with Crippen LogP contribution in [0.2, 0.25) is 0 Å². The summed E-state index contributed by atoms with van der Waals surface area (Å²) in [5.41, 5.74) is 7.33. The number of ether oxygens (including phenoxy) is 2. The van der Waals surface area contributed by atoms with E-state index in [1.165, 1.54) is 25.3 Å². The lowest BCUT2D eigenvalue weighted by Gasteiger charge is -2.39. The lowest BCUT2D eigenvalue weighted by Crippen LogP contribution is -2.52. The number of aromatic nitrogens is 4. The number of hydrogen-bond acceptors (Lipinski definition) is 9. The fraction of sp³-hybridized carbons (Fsp3) is 0.348. The topological polar surface area (TPSA) is 165 Å². The highest BCUT2D eigenvalue weighted by molar-refractivity contribution is 5.82. The summed E-state index contributed by atoms with van der Waals surface area (Å²) in [5.74, 6) is -1.15. The van der Waals surface area contributed by atoms with Gasteiger partial charge in [-0.25, -0.2) is 19.3 Å². The number of nitrogens with zero attached hydrogens (tertiary/aromatic N) is 3. The number of carbonyl (C=O) groups is 2. The Morgan fingerprint density at radius 3 is 2.57 bits per heavy atom. The second-order valence-electron chi connectivity index (χ2n) is 8.56. The van der Waals surface area contributed by atoms with Crippen LogP contribution in [0.5, 0.6) is 0 Å². The number of nitrogens with two attached hydrogens (primary N) is 1. The molecule has 35 heavy (non-hydrogen) atoms. The molecule has 12 heteroatoms. The molecule has 1 aliphatic heterocycles. The van der Waals surface area contributed by atoms with Crippen LogP contribution in [-0.4, -0.2) is 62.6 Å². The molecule has 4 rings (SSSR count). The molecule has 0 radical (unpaired) electrons. The van der Waals surface area contributed by atoms with Crippen LogP contribution >= 0.6 is 0 Å². The molecule has 3 heterocycles. The predicted molar refractivity (Wildman–Crippen MR) is 123 cm³/mol. The zero-order valence-corrected chi connectivity index (χ0v) is 19.1. The summed E-state index contributed by atoms with van der Waals surface area (Å²) in [4.78, 5) is 38.9. The van der Waals surface area contributed by atoms with E-state index in [0.717, 1.165) is 0 Å². The van der Waals surface area contributed by atoms with Crippen LogP contribution in [0.4, 0.5) is 10.3 Å². The first-order valence-corrected chi connectivity index (χ1v) is 10.8. The number of rotatable bonds is 8. The zero-order chi connectivity index (χ0) is 25.2. The van der Waals surface area contributed by atoms with Gasteiger partial charge in [0.15, 0.2) is 5.82 Å². The van der Waals surface area contributed by atoms with Crippen molar-refractivity contribution in [3.8, 4) is 22.6 Å². The molecule has 1 aromatic carbocycles.